The summed E-state index contributed by atoms with van der Waals surface area (Å²) in [5.41, 5.74) is 2.40. The summed E-state index contributed by atoms with van der Waals surface area (Å²) in [7, 11) is 0. The molecule has 1 saturated heterocycles. The molecule has 0 radical (unpaired) electrons. The molecular formula is C24H14Br3Cl2NO3S. The fourth-order valence-corrected chi connectivity index (χ4v) is 6.39. The number of imide groups is 1. The van der Waals surface area contributed by atoms with Crippen molar-refractivity contribution in [2.45, 2.75) is 13.2 Å². The third kappa shape index (κ3) is 6.09. The van der Waals surface area contributed by atoms with Crippen molar-refractivity contribution in [2.24, 2.45) is 0 Å². The summed E-state index contributed by atoms with van der Waals surface area (Å²) in [6.45, 7) is 0.468. The molecule has 0 N–H and O–H groups in total. The lowest BCUT2D eigenvalue weighted by Crippen LogP contribution is -2.27. The minimum absolute atomic E-state index is 0.217. The Balaban J connectivity index is 1.50. The van der Waals surface area contributed by atoms with Crippen molar-refractivity contribution in [2.75, 3.05) is 0 Å². The van der Waals surface area contributed by atoms with E-state index in [1.54, 1.807) is 18.2 Å². The third-order valence-electron chi connectivity index (χ3n) is 4.81. The van der Waals surface area contributed by atoms with E-state index in [0.29, 0.717) is 29.6 Å². The molecule has 4 nitrogen and oxygen atoms in total. The number of halogens is 5. The summed E-state index contributed by atoms with van der Waals surface area (Å²) in [5, 5.41) is 0.783. The number of hydrogen-bond donors (Lipinski definition) is 0. The van der Waals surface area contributed by atoms with E-state index < -0.39 is 0 Å². The average Bonchev–Trinajstić information content (AvgIpc) is 3.02. The van der Waals surface area contributed by atoms with Gasteiger partial charge in [-0.3, -0.25) is 14.5 Å². The molecule has 0 unspecified atom stereocenters. The fourth-order valence-electron chi connectivity index (χ4n) is 3.19. The highest BCUT2D eigenvalue weighted by atomic mass is 79.9. The van der Waals surface area contributed by atoms with Gasteiger partial charge >= 0.3 is 0 Å². The van der Waals surface area contributed by atoms with Crippen LogP contribution in [0.25, 0.3) is 6.08 Å². The number of hydrogen-bond acceptors (Lipinski definition) is 4. The van der Waals surface area contributed by atoms with Crippen molar-refractivity contribution in [3.63, 3.8) is 0 Å². The Morgan fingerprint density at radius 3 is 2.38 bits per heavy atom. The van der Waals surface area contributed by atoms with E-state index in [1.165, 1.54) is 4.90 Å². The molecule has 0 spiro atoms. The summed E-state index contributed by atoms with van der Waals surface area (Å²) in [6.07, 6.45) is 1.70. The van der Waals surface area contributed by atoms with Gasteiger partial charge in [-0.15, -0.1) is 0 Å². The van der Waals surface area contributed by atoms with Crippen LogP contribution in [0.1, 0.15) is 16.7 Å². The molecule has 34 heavy (non-hydrogen) atoms. The quantitative estimate of drug-likeness (QED) is 0.240. The van der Waals surface area contributed by atoms with Gasteiger partial charge in [0.2, 0.25) is 0 Å². The largest absolute Gasteiger partial charge is 0.486 e. The fraction of sp³-hybridized carbons (Fsp3) is 0.0833. The number of carbonyl (C=O) groups is 2. The Bertz CT molecular complexity index is 1310. The molecule has 2 amide bonds. The Morgan fingerprint density at radius 1 is 0.971 bits per heavy atom. The van der Waals surface area contributed by atoms with Gasteiger partial charge in [0.25, 0.3) is 11.1 Å². The van der Waals surface area contributed by atoms with Crippen molar-refractivity contribution in [3.8, 4) is 5.75 Å². The normalized spacial score (nSPS) is 14.9. The summed E-state index contributed by atoms with van der Waals surface area (Å²) < 4.78 is 8.22. The maximum atomic E-state index is 12.9. The number of ether oxygens (including phenoxy) is 1. The predicted molar refractivity (Wildman–Crippen MR) is 148 cm³/mol. The zero-order valence-corrected chi connectivity index (χ0v) is 24.2. The van der Waals surface area contributed by atoms with Gasteiger partial charge in [-0.1, -0.05) is 57.3 Å². The zero-order valence-electron chi connectivity index (χ0n) is 17.2. The molecule has 0 bridgehead atoms. The van der Waals surface area contributed by atoms with Crippen LogP contribution in [0, 0.1) is 0 Å². The predicted octanol–water partition coefficient (Wildman–Crippen LogP) is 9.10. The summed E-state index contributed by atoms with van der Waals surface area (Å²) in [5.74, 6) is 0.269. The first kappa shape index (κ1) is 25.8. The van der Waals surface area contributed by atoms with Gasteiger partial charge in [0, 0.05) is 20.1 Å². The van der Waals surface area contributed by atoms with Crippen LogP contribution in [0.5, 0.6) is 5.75 Å². The van der Waals surface area contributed by atoms with Gasteiger partial charge < -0.3 is 4.74 Å². The zero-order chi connectivity index (χ0) is 24.4. The van der Waals surface area contributed by atoms with Gasteiger partial charge in [-0.2, -0.15) is 0 Å². The number of amides is 2. The van der Waals surface area contributed by atoms with Crippen LogP contribution in [0.4, 0.5) is 4.79 Å². The molecule has 1 fully saturated rings. The topological polar surface area (TPSA) is 46.6 Å². The number of rotatable bonds is 6. The first-order chi connectivity index (χ1) is 16.2. The van der Waals surface area contributed by atoms with Crippen LogP contribution in [-0.4, -0.2) is 16.0 Å². The lowest BCUT2D eigenvalue weighted by atomic mass is 10.2. The van der Waals surface area contributed by atoms with Crippen LogP contribution in [0.2, 0.25) is 10.0 Å². The molecule has 0 atom stereocenters. The minimum atomic E-state index is -0.320. The average molecular weight is 707 g/mol. The molecular weight excluding hydrogens is 693 g/mol. The second kappa shape index (κ2) is 11.2. The SMILES string of the molecule is O=C1S/C(=C/c2cc(Br)c(OCc3ccc(Cl)cc3Cl)c(Br)c2)C(=O)N1Cc1cccc(Br)c1. The molecule has 3 aromatic carbocycles. The van der Waals surface area contributed by atoms with Crippen LogP contribution in [0.15, 0.2) is 72.9 Å². The highest BCUT2D eigenvalue weighted by Gasteiger charge is 2.35. The van der Waals surface area contributed by atoms with E-state index in [2.05, 4.69) is 47.8 Å². The highest BCUT2D eigenvalue weighted by Crippen LogP contribution is 2.39. The summed E-state index contributed by atoms with van der Waals surface area (Å²) in [4.78, 5) is 27.0. The lowest BCUT2D eigenvalue weighted by molar-refractivity contribution is -0.123. The Hall–Kier alpha value is -1.29. The summed E-state index contributed by atoms with van der Waals surface area (Å²) >= 11 is 23.6. The van der Waals surface area contributed by atoms with Crippen LogP contribution < -0.4 is 4.74 Å². The van der Waals surface area contributed by atoms with Crippen molar-refractivity contribution < 1.29 is 14.3 Å². The maximum absolute atomic E-state index is 12.9. The minimum Gasteiger partial charge on any atom is -0.486 e. The smallest absolute Gasteiger partial charge is 0.293 e. The van der Waals surface area contributed by atoms with Gasteiger partial charge in [0.05, 0.1) is 20.4 Å². The molecule has 0 aromatic heterocycles. The van der Waals surface area contributed by atoms with E-state index in [9.17, 15) is 9.59 Å². The summed E-state index contributed by atoms with van der Waals surface area (Å²) in [6, 6.07) is 16.4. The van der Waals surface area contributed by atoms with Gasteiger partial charge in [-0.25, -0.2) is 0 Å². The number of nitrogens with zero attached hydrogens (tertiary/aromatic N) is 1. The van der Waals surface area contributed by atoms with Gasteiger partial charge in [-0.05, 0) is 97.2 Å². The molecule has 0 aliphatic carbocycles. The molecule has 3 aromatic rings. The molecule has 1 aliphatic rings. The lowest BCUT2D eigenvalue weighted by Gasteiger charge is -2.13. The molecule has 1 aliphatic heterocycles. The molecule has 4 rings (SSSR count). The standard InChI is InChI=1S/C24H14Br3Cl2NO3S/c25-16-3-1-2-13(6-16)11-30-23(31)21(34-24(30)32)9-14-7-18(26)22(19(27)8-14)33-12-15-4-5-17(28)10-20(15)29/h1-10H,11-12H2/b21-9+. The van der Waals surface area contributed by atoms with Crippen LogP contribution in [-0.2, 0) is 17.9 Å². The number of benzene rings is 3. The molecule has 1 heterocycles. The first-order valence-electron chi connectivity index (χ1n) is 9.77. The van der Waals surface area contributed by atoms with E-state index in [0.717, 1.165) is 32.9 Å². The van der Waals surface area contributed by atoms with Crippen molar-refractivity contribution >= 4 is 100.0 Å². The van der Waals surface area contributed by atoms with Crippen molar-refractivity contribution in [1.82, 2.24) is 4.90 Å². The van der Waals surface area contributed by atoms with E-state index in [1.807, 2.05) is 42.5 Å². The van der Waals surface area contributed by atoms with Gasteiger partial charge in [0.15, 0.2) is 0 Å². The van der Waals surface area contributed by atoms with E-state index in [-0.39, 0.29) is 24.3 Å². The van der Waals surface area contributed by atoms with Gasteiger partial charge in [0.1, 0.15) is 12.4 Å². The third-order valence-corrected chi connectivity index (χ3v) is 7.97. The van der Waals surface area contributed by atoms with E-state index in [4.69, 9.17) is 27.9 Å². The number of carbonyl (C=O) groups excluding carboxylic acids is 2. The van der Waals surface area contributed by atoms with Crippen LogP contribution >= 0.6 is 82.8 Å². The van der Waals surface area contributed by atoms with E-state index >= 15 is 0 Å². The maximum Gasteiger partial charge on any atom is 0.293 e. The number of thioether (sulfide) groups is 1. The van der Waals surface area contributed by atoms with Crippen molar-refractivity contribution in [3.05, 3.63) is 99.7 Å². The molecule has 10 heteroatoms. The molecule has 0 saturated carbocycles. The molecule has 174 valence electrons. The second-order valence-corrected chi connectivity index (χ2v) is 11.7. The van der Waals surface area contributed by atoms with Crippen molar-refractivity contribution in [1.29, 1.82) is 0 Å². The Kier molecular flexibility index (Phi) is 8.48. The van der Waals surface area contributed by atoms with Crippen LogP contribution in [0.3, 0.4) is 0 Å². The second-order valence-electron chi connectivity index (χ2n) is 7.24. The first-order valence-corrected chi connectivity index (χ1v) is 13.7. The Morgan fingerprint density at radius 2 is 1.71 bits per heavy atom. The highest BCUT2D eigenvalue weighted by molar-refractivity contribution is 9.11. The Labute approximate surface area is 236 Å². The monoisotopic (exact) mass is 703 g/mol.